The second kappa shape index (κ2) is 17.4. The van der Waals surface area contributed by atoms with Crippen LogP contribution in [0.5, 0.6) is 0 Å². The molecule has 5 heteroatoms. The first kappa shape index (κ1) is 30.4. The van der Waals surface area contributed by atoms with Crippen LogP contribution < -0.4 is 0 Å². The maximum atomic E-state index is 13.2. The van der Waals surface area contributed by atoms with Crippen molar-refractivity contribution in [3.05, 3.63) is 48.0 Å². The molecule has 1 unspecified atom stereocenters. The molecule has 2 saturated heterocycles. The Hall–Kier alpha value is -2.14. The topological polar surface area (TPSA) is 55.8 Å². The van der Waals surface area contributed by atoms with Crippen LogP contribution in [0.1, 0.15) is 121 Å². The minimum absolute atomic E-state index is 0.0412. The van der Waals surface area contributed by atoms with Crippen LogP contribution in [-0.4, -0.2) is 48.7 Å². The summed E-state index contributed by atoms with van der Waals surface area (Å²) in [4.78, 5) is 28.1. The van der Waals surface area contributed by atoms with Gasteiger partial charge in [-0.3, -0.25) is 9.59 Å². The normalized spacial score (nSPS) is 22.0. The van der Waals surface area contributed by atoms with Crippen molar-refractivity contribution in [3.8, 4) is 0 Å². The highest BCUT2D eigenvalue weighted by atomic mass is 16.6. The Morgan fingerprint density at radius 1 is 0.895 bits per heavy atom. The molecule has 38 heavy (non-hydrogen) atoms. The minimum atomic E-state index is -0.577. The summed E-state index contributed by atoms with van der Waals surface area (Å²) in [5, 5.41) is 0. The zero-order chi connectivity index (χ0) is 27.0. The first-order chi connectivity index (χ1) is 18.6. The van der Waals surface area contributed by atoms with E-state index in [1.807, 2.05) is 30.3 Å². The number of piperidine rings is 1. The second-order valence-corrected chi connectivity index (χ2v) is 11.4. The largest absolute Gasteiger partial charge is 0.464 e. The lowest BCUT2D eigenvalue weighted by Gasteiger charge is -2.36. The molecule has 5 nitrogen and oxygen atoms in total. The van der Waals surface area contributed by atoms with Crippen molar-refractivity contribution < 1.29 is 19.1 Å². The molecule has 0 saturated carbocycles. The maximum absolute atomic E-state index is 13.2. The van der Waals surface area contributed by atoms with Gasteiger partial charge < -0.3 is 14.4 Å². The number of allylic oxidation sites excluding steroid dienone is 2. The summed E-state index contributed by atoms with van der Waals surface area (Å²) < 4.78 is 11.6. The van der Waals surface area contributed by atoms with E-state index in [0.29, 0.717) is 18.5 Å². The molecule has 4 atom stereocenters. The van der Waals surface area contributed by atoms with E-state index in [1.54, 1.807) is 0 Å². The third-order valence-corrected chi connectivity index (χ3v) is 8.38. The number of carbonyl (C=O) groups excluding carboxylic acids is 2. The highest BCUT2D eigenvalue weighted by molar-refractivity contribution is 5.79. The summed E-state index contributed by atoms with van der Waals surface area (Å²) in [5.41, 5.74) is 0.840. The Morgan fingerprint density at radius 3 is 2.16 bits per heavy atom. The monoisotopic (exact) mass is 525 g/mol. The van der Waals surface area contributed by atoms with Gasteiger partial charge >= 0.3 is 11.9 Å². The van der Waals surface area contributed by atoms with Gasteiger partial charge in [0.25, 0.3) is 0 Å². The molecule has 0 amide bonds. The average Bonchev–Trinajstić information content (AvgIpc) is 3.11. The van der Waals surface area contributed by atoms with Crippen molar-refractivity contribution in [2.45, 2.75) is 134 Å². The molecule has 0 aromatic heterocycles. The zero-order valence-electron chi connectivity index (χ0n) is 24.0. The first-order valence-corrected chi connectivity index (χ1v) is 15.4. The van der Waals surface area contributed by atoms with Gasteiger partial charge in [0, 0.05) is 18.5 Å². The number of carbonyl (C=O) groups is 2. The highest BCUT2D eigenvalue weighted by Crippen LogP contribution is 2.36. The molecule has 2 aliphatic heterocycles. The lowest BCUT2D eigenvalue weighted by molar-refractivity contribution is -0.158. The Bertz CT molecular complexity index is 825. The van der Waals surface area contributed by atoms with Crippen LogP contribution in [0.3, 0.4) is 0 Å². The third kappa shape index (κ3) is 10.6. The number of hydrogen-bond acceptors (Lipinski definition) is 5. The van der Waals surface area contributed by atoms with E-state index in [-0.39, 0.29) is 24.6 Å². The van der Waals surface area contributed by atoms with Crippen molar-refractivity contribution in [1.82, 2.24) is 4.90 Å². The van der Waals surface area contributed by atoms with Crippen molar-refractivity contribution in [3.63, 3.8) is 0 Å². The van der Waals surface area contributed by atoms with Crippen LogP contribution in [0.25, 0.3) is 0 Å². The van der Waals surface area contributed by atoms with Crippen LogP contribution >= 0.6 is 0 Å². The number of esters is 2. The Balaban J connectivity index is 1.31. The molecule has 2 aliphatic rings. The Kier molecular flexibility index (Phi) is 14.0. The molecule has 2 fully saturated rings. The van der Waals surface area contributed by atoms with Gasteiger partial charge in [-0.05, 0) is 70.4 Å². The zero-order valence-corrected chi connectivity index (χ0v) is 24.0. The van der Waals surface area contributed by atoms with Gasteiger partial charge in [-0.15, -0.1) is 0 Å². The number of ether oxygens (including phenoxy) is 2. The fourth-order valence-electron chi connectivity index (χ4n) is 5.92. The van der Waals surface area contributed by atoms with E-state index >= 15 is 0 Å². The fraction of sp³-hybridized carbons (Fsp3) is 0.697. The van der Waals surface area contributed by atoms with E-state index in [1.165, 1.54) is 57.8 Å². The van der Waals surface area contributed by atoms with Crippen LogP contribution in [0.4, 0.5) is 0 Å². The summed E-state index contributed by atoms with van der Waals surface area (Å²) in [6, 6.07) is 10.6. The lowest BCUT2D eigenvalue weighted by atomic mass is 9.98. The molecule has 3 rings (SSSR count). The lowest BCUT2D eigenvalue weighted by Crippen LogP contribution is -2.44. The van der Waals surface area contributed by atoms with Gasteiger partial charge in [0.15, 0.2) is 0 Å². The van der Waals surface area contributed by atoms with E-state index in [4.69, 9.17) is 9.47 Å². The van der Waals surface area contributed by atoms with Crippen molar-refractivity contribution >= 4 is 11.9 Å². The van der Waals surface area contributed by atoms with Gasteiger partial charge in [0.05, 0.1) is 0 Å². The molecule has 0 aliphatic carbocycles. The average molecular weight is 526 g/mol. The molecule has 1 aromatic rings. The molecule has 2 heterocycles. The number of benzene rings is 1. The smallest absolute Gasteiger partial charge is 0.317 e. The van der Waals surface area contributed by atoms with Crippen molar-refractivity contribution in [2.75, 3.05) is 13.7 Å². The molecule has 212 valence electrons. The van der Waals surface area contributed by atoms with Crippen LogP contribution in [-0.2, 0) is 19.1 Å². The predicted octanol–water partition coefficient (Wildman–Crippen LogP) is 7.74. The number of rotatable bonds is 18. The van der Waals surface area contributed by atoms with Crippen LogP contribution in [0.2, 0.25) is 0 Å². The summed E-state index contributed by atoms with van der Waals surface area (Å²) in [6.07, 6.45) is 22.4. The summed E-state index contributed by atoms with van der Waals surface area (Å²) in [6.45, 7) is 2.30. The van der Waals surface area contributed by atoms with Gasteiger partial charge in [-0.25, -0.2) is 0 Å². The van der Waals surface area contributed by atoms with Crippen molar-refractivity contribution in [1.29, 1.82) is 0 Å². The van der Waals surface area contributed by atoms with Gasteiger partial charge in [0.2, 0.25) is 0 Å². The number of nitrogens with zero attached hydrogens (tertiary/aromatic N) is 1. The van der Waals surface area contributed by atoms with Gasteiger partial charge in [-0.1, -0.05) is 87.9 Å². The van der Waals surface area contributed by atoms with Crippen LogP contribution in [0.15, 0.2) is 42.5 Å². The molecule has 1 aromatic carbocycles. The molecule has 0 radical (unpaired) electrons. The number of hydrogen-bond donors (Lipinski definition) is 0. The van der Waals surface area contributed by atoms with Gasteiger partial charge in [-0.2, -0.15) is 0 Å². The molecule has 0 N–H and O–H groups in total. The molecular formula is C33H51NO4. The molecular weight excluding hydrogens is 474 g/mol. The molecule has 2 bridgehead atoms. The second-order valence-electron chi connectivity index (χ2n) is 11.4. The minimum Gasteiger partial charge on any atom is -0.464 e. The maximum Gasteiger partial charge on any atom is 0.317 e. The Labute approximate surface area is 231 Å². The highest BCUT2D eigenvalue weighted by Gasteiger charge is 2.40. The van der Waals surface area contributed by atoms with Crippen LogP contribution in [0, 0.1) is 0 Å². The first-order valence-electron chi connectivity index (χ1n) is 15.4. The Morgan fingerprint density at radius 2 is 1.50 bits per heavy atom. The fourth-order valence-corrected chi connectivity index (χ4v) is 5.92. The van der Waals surface area contributed by atoms with E-state index in [2.05, 4.69) is 31.0 Å². The number of unbranched alkanes of at least 4 members (excludes halogenated alkanes) is 9. The third-order valence-electron chi connectivity index (χ3n) is 8.38. The summed E-state index contributed by atoms with van der Waals surface area (Å²) in [5.74, 6) is -1.08. The van der Waals surface area contributed by atoms with Crippen molar-refractivity contribution in [2.24, 2.45) is 0 Å². The van der Waals surface area contributed by atoms with E-state index in [0.717, 1.165) is 44.1 Å². The summed E-state index contributed by atoms with van der Waals surface area (Å²) >= 11 is 0. The van der Waals surface area contributed by atoms with E-state index in [9.17, 15) is 9.59 Å². The van der Waals surface area contributed by atoms with Gasteiger partial charge in [0.1, 0.15) is 18.6 Å². The quantitative estimate of drug-likeness (QED) is 0.111. The number of fused-ring (bicyclic) bond motifs is 2. The predicted molar refractivity (Wildman–Crippen MR) is 154 cm³/mol. The molecule has 0 spiro atoms. The summed E-state index contributed by atoms with van der Waals surface area (Å²) in [7, 11) is 2.18. The SMILES string of the molecule is CCCCCCCCC/C=C\CCCCC(=O)OCC(C(=O)O[C@H]1C[C@H]2CC[C@@H](C1)N2C)c1ccccc1. The standard InChI is InChI=1S/C33H51NO4/c1-3-4-5-6-7-8-9-10-11-12-13-14-18-21-32(35)37-26-31(27-19-16-15-17-20-27)33(36)38-30-24-28-22-23-29(25-30)34(28)2/h11-12,15-17,19-20,28-31H,3-10,13-14,18,21-26H2,1-2H3/b12-11-/t28-,29+,30+,31?. The van der Waals surface area contributed by atoms with E-state index < -0.39 is 5.92 Å².